The molecule has 0 radical (unpaired) electrons. The molecule has 5 rings (SSSR count). The molecule has 0 aromatic carbocycles. The fourth-order valence-corrected chi connectivity index (χ4v) is 4.16. The van der Waals surface area contributed by atoms with Crippen molar-refractivity contribution in [3.05, 3.63) is 48.9 Å². The van der Waals surface area contributed by atoms with Crippen molar-refractivity contribution in [2.24, 2.45) is 5.92 Å². The van der Waals surface area contributed by atoms with Crippen molar-refractivity contribution in [1.29, 1.82) is 10.5 Å². The van der Waals surface area contributed by atoms with Gasteiger partial charge in [0, 0.05) is 23.3 Å². The lowest BCUT2D eigenvalue weighted by Crippen LogP contribution is -2.46. The second kappa shape index (κ2) is 7.15. The third-order valence-electron chi connectivity index (χ3n) is 5.73. The number of hydrogen-bond donors (Lipinski definition) is 1. The maximum atomic E-state index is 9.32. The fourth-order valence-electron chi connectivity index (χ4n) is 4.16. The molecule has 1 saturated carbocycles. The van der Waals surface area contributed by atoms with E-state index < -0.39 is 5.54 Å². The second-order valence-corrected chi connectivity index (χ2v) is 7.73. The number of nitriles is 2. The standard InChI is InChI=1S/C22H17N9/c23-5-4-22(10-14(11-22)12-24)31-7-3-17(30-31)21-16-2-1-6-26-19(16)9-18(28-21)15-8-20(25)29-27-13-15/h1-3,6-9,13-14H,4,10-11H2,(H2,25,29)/t14-,22+. The molecule has 0 atom stereocenters. The Kier molecular flexibility index (Phi) is 4.30. The van der Waals surface area contributed by atoms with Crippen molar-refractivity contribution in [2.45, 2.75) is 24.8 Å². The molecular formula is C22H17N9. The summed E-state index contributed by atoms with van der Waals surface area (Å²) in [5, 5.41) is 31.9. The lowest BCUT2D eigenvalue weighted by atomic mass is 9.67. The molecule has 1 fully saturated rings. The van der Waals surface area contributed by atoms with Gasteiger partial charge < -0.3 is 5.73 Å². The van der Waals surface area contributed by atoms with Gasteiger partial charge in [-0.15, -0.1) is 5.10 Å². The van der Waals surface area contributed by atoms with E-state index in [0.29, 0.717) is 42.2 Å². The van der Waals surface area contributed by atoms with E-state index in [-0.39, 0.29) is 5.92 Å². The smallest absolute Gasteiger partial charge is 0.146 e. The van der Waals surface area contributed by atoms with Crippen molar-refractivity contribution in [1.82, 2.24) is 29.9 Å². The molecule has 1 aliphatic rings. The average Bonchev–Trinajstić information content (AvgIpc) is 3.25. The van der Waals surface area contributed by atoms with Gasteiger partial charge in [0.15, 0.2) is 0 Å². The van der Waals surface area contributed by atoms with Crippen LogP contribution < -0.4 is 5.73 Å². The second-order valence-electron chi connectivity index (χ2n) is 7.73. The van der Waals surface area contributed by atoms with Crippen LogP contribution in [0.15, 0.2) is 48.9 Å². The summed E-state index contributed by atoms with van der Waals surface area (Å²) < 4.78 is 1.82. The van der Waals surface area contributed by atoms with Crippen LogP contribution in [0, 0.1) is 28.6 Å². The zero-order valence-electron chi connectivity index (χ0n) is 16.5. The highest BCUT2D eigenvalue weighted by atomic mass is 15.3. The number of aromatic nitrogens is 6. The van der Waals surface area contributed by atoms with Crippen LogP contribution in [0.25, 0.3) is 33.5 Å². The Morgan fingerprint density at radius 2 is 2.06 bits per heavy atom. The van der Waals surface area contributed by atoms with E-state index in [1.165, 1.54) is 0 Å². The van der Waals surface area contributed by atoms with Crippen molar-refractivity contribution in [3.8, 4) is 34.8 Å². The number of anilines is 1. The first-order chi connectivity index (χ1) is 15.1. The maximum Gasteiger partial charge on any atom is 0.146 e. The molecule has 0 saturated heterocycles. The topological polar surface area (TPSA) is 143 Å². The fraction of sp³-hybridized carbons (Fsp3) is 0.227. The lowest BCUT2D eigenvalue weighted by Gasteiger charge is -2.43. The largest absolute Gasteiger partial charge is 0.382 e. The molecule has 1 aliphatic carbocycles. The summed E-state index contributed by atoms with van der Waals surface area (Å²) in [6.07, 6.45) is 6.75. The van der Waals surface area contributed by atoms with E-state index in [4.69, 9.17) is 15.8 Å². The lowest BCUT2D eigenvalue weighted by molar-refractivity contribution is 0.0884. The van der Waals surface area contributed by atoms with Gasteiger partial charge in [-0.2, -0.15) is 20.7 Å². The van der Waals surface area contributed by atoms with Gasteiger partial charge in [0.2, 0.25) is 0 Å². The van der Waals surface area contributed by atoms with Crippen LogP contribution in [0.4, 0.5) is 5.82 Å². The molecule has 150 valence electrons. The highest BCUT2D eigenvalue weighted by Crippen LogP contribution is 2.46. The van der Waals surface area contributed by atoms with Crippen LogP contribution in [0.3, 0.4) is 0 Å². The first-order valence-electron chi connectivity index (χ1n) is 9.79. The average molecular weight is 407 g/mol. The molecule has 9 heteroatoms. The van der Waals surface area contributed by atoms with E-state index in [2.05, 4.69) is 27.3 Å². The minimum absolute atomic E-state index is 0.0443. The Morgan fingerprint density at radius 3 is 2.84 bits per heavy atom. The van der Waals surface area contributed by atoms with Crippen molar-refractivity contribution in [3.63, 3.8) is 0 Å². The Bertz CT molecular complexity index is 1370. The van der Waals surface area contributed by atoms with Crippen molar-refractivity contribution < 1.29 is 0 Å². The molecule has 4 aromatic rings. The summed E-state index contributed by atoms with van der Waals surface area (Å²) >= 11 is 0. The van der Waals surface area contributed by atoms with Crippen LogP contribution in [-0.2, 0) is 5.54 Å². The Labute approximate surface area is 177 Å². The molecule has 4 aromatic heterocycles. The molecule has 0 spiro atoms. The normalized spacial score (nSPS) is 20.0. The first kappa shape index (κ1) is 18.6. The highest BCUT2D eigenvalue weighted by Gasteiger charge is 2.46. The van der Waals surface area contributed by atoms with Gasteiger partial charge in [0.1, 0.15) is 17.2 Å². The molecule has 0 bridgehead atoms. The van der Waals surface area contributed by atoms with E-state index in [1.807, 2.05) is 35.1 Å². The molecule has 31 heavy (non-hydrogen) atoms. The number of nitrogens with two attached hydrogens (primary N) is 1. The van der Waals surface area contributed by atoms with Crippen LogP contribution in [0.1, 0.15) is 19.3 Å². The minimum atomic E-state index is -0.442. The van der Waals surface area contributed by atoms with Crippen molar-refractivity contribution >= 4 is 16.7 Å². The number of nitrogens with zero attached hydrogens (tertiary/aromatic N) is 8. The molecular weight excluding hydrogens is 390 g/mol. The Balaban J connectivity index is 1.63. The molecule has 0 aliphatic heterocycles. The monoisotopic (exact) mass is 407 g/mol. The van der Waals surface area contributed by atoms with Crippen LogP contribution in [0.5, 0.6) is 0 Å². The Hall–Kier alpha value is -4.37. The summed E-state index contributed by atoms with van der Waals surface area (Å²) in [5.41, 5.74) is 8.88. The van der Waals surface area contributed by atoms with Gasteiger partial charge in [-0.25, -0.2) is 4.98 Å². The predicted octanol–water partition coefficient (Wildman–Crippen LogP) is 3.08. The van der Waals surface area contributed by atoms with Crippen LogP contribution >= 0.6 is 0 Å². The quantitative estimate of drug-likeness (QED) is 0.543. The SMILES string of the molecule is N#CC[C@]1(n2ccc(-c3nc(-c4cnnc(N)c4)cc4ncccc34)n2)C[C@@H](C#N)C1. The minimum Gasteiger partial charge on any atom is -0.382 e. The van der Waals surface area contributed by atoms with E-state index in [9.17, 15) is 10.5 Å². The van der Waals surface area contributed by atoms with Crippen LogP contribution in [-0.4, -0.2) is 29.9 Å². The van der Waals surface area contributed by atoms with E-state index >= 15 is 0 Å². The van der Waals surface area contributed by atoms with Gasteiger partial charge >= 0.3 is 0 Å². The van der Waals surface area contributed by atoms with Gasteiger partial charge in [-0.1, -0.05) is 0 Å². The summed E-state index contributed by atoms with van der Waals surface area (Å²) in [4.78, 5) is 9.33. The zero-order chi connectivity index (χ0) is 21.4. The Morgan fingerprint density at radius 1 is 1.19 bits per heavy atom. The van der Waals surface area contributed by atoms with Gasteiger partial charge in [0.05, 0.1) is 47.4 Å². The first-order valence-corrected chi connectivity index (χ1v) is 9.79. The summed E-state index contributed by atoms with van der Waals surface area (Å²) in [5.74, 6) is 0.263. The summed E-state index contributed by atoms with van der Waals surface area (Å²) in [6, 6.07) is 13.8. The third kappa shape index (κ3) is 3.13. The summed E-state index contributed by atoms with van der Waals surface area (Å²) in [7, 11) is 0. The molecule has 0 amide bonds. The van der Waals surface area contributed by atoms with Gasteiger partial charge in [0.25, 0.3) is 0 Å². The molecule has 9 nitrogen and oxygen atoms in total. The zero-order valence-corrected chi connectivity index (χ0v) is 16.5. The number of pyridine rings is 2. The maximum absolute atomic E-state index is 9.32. The van der Waals surface area contributed by atoms with E-state index in [1.54, 1.807) is 18.5 Å². The molecule has 2 N–H and O–H groups in total. The predicted molar refractivity (Wildman–Crippen MR) is 113 cm³/mol. The molecule has 4 heterocycles. The number of fused-ring (bicyclic) bond motifs is 1. The number of hydrogen-bond acceptors (Lipinski definition) is 8. The number of rotatable bonds is 4. The van der Waals surface area contributed by atoms with Gasteiger partial charge in [-0.05, 0) is 43.2 Å². The summed E-state index contributed by atoms with van der Waals surface area (Å²) in [6.45, 7) is 0. The van der Waals surface area contributed by atoms with Gasteiger partial charge in [-0.3, -0.25) is 9.67 Å². The third-order valence-corrected chi connectivity index (χ3v) is 5.73. The van der Waals surface area contributed by atoms with E-state index in [0.717, 1.165) is 16.5 Å². The van der Waals surface area contributed by atoms with Crippen molar-refractivity contribution in [2.75, 3.05) is 5.73 Å². The highest BCUT2D eigenvalue weighted by molar-refractivity contribution is 5.93. The van der Waals surface area contributed by atoms with Crippen LogP contribution in [0.2, 0.25) is 0 Å². The number of nitrogen functional groups attached to an aromatic ring is 1. The molecule has 0 unspecified atom stereocenters.